The molecule has 0 bridgehead atoms. The minimum Gasteiger partial charge on any atom is -0.306 e. The van der Waals surface area contributed by atoms with Gasteiger partial charge in [-0.05, 0) is 42.7 Å². The SMILES string of the molecule is O=c1[nH]c2ccccc2n1C1CCN(Cc2cc3ccccc3nc2-c2ccccc2)CC1. The number of hydrogen-bond donors (Lipinski definition) is 1. The van der Waals surface area contributed by atoms with Gasteiger partial charge < -0.3 is 4.98 Å². The van der Waals surface area contributed by atoms with Crippen LogP contribution < -0.4 is 5.69 Å². The summed E-state index contributed by atoms with van der Waals surface area (Å²) < 4.78 is 1.96. The fraction of sp³-hybridized carbons (Fsp3) is 0.214. The Morgan fingerprint density at radius 1 is 0.879 bits per heavy atom. The maximum Gasteiger partial charge on any atom is 0.326 e. The number of benzene rings is 3. The topological polar surface area (TPSA) is 53.9 Å². The largest absolute Gasteiger partial charge is 0.326 e. The van der Waals surface area contributed by atoms with Crippen molar-refractivity contribution in [3.05, 3.63) is 101 Å². The lowest BCUT2D eigenvalue weighted by Crippen LogP contribution is -2.36. The molecule has 6 rings (SSSR count). The number of hydrogen-bond acceptors (Lipinski definition) is 3. The molecule has 1 saturated heterocycles. The van der Waals surface area contributed by atoms with Crippen LogP contribution >= 0.6 is 0 Å². The predicted octanol–water partition coefficient (Wildman–Crippen LogP) is 5.38. The summed E-state index contributed by atoms with van der Waals surface area (Å²) in [5, 5.41) is 1.17. The maximum atomic E-state index is 12.6. The maximum absolute atomic E-state index is 12.6. The third kappa shape index (κ3) is 3.74. The highest BCUT2D eigenvalue weighted by Gasteiger charge is 2.24. The quantitative estimate of drug-likeness (QED) is 0.413. The number of rotatable bonds is 4. The summed E-state index contributed by atoms with van der Waals surface area (Å²) in [6.07, 6.45) is 1.92. The van der Waals surface area contributed by atoms with E-state index in [-0.39, 0.29) is 11.7 Å². The Kier molecular flexibility index (Phi) is 5.04. The van der Waals surface area contributed by atoms with E-state index in [1.54, 1.807) is 0 Å². The molecule has 1 aliphatic heterocycles. The molecule has 3 heterocycles. The van der Waals surface area contributed by atoms with Crippen LogP contribution in [0.2, 0.25) is 0 Å². The second-order valence-electron chi connectivity index (χ2n) is 8.88. The first kappa shape index (κ1) is 19.9. The highest BCUT2D eigenvalue weighted by Crippen LogP contribution is 2.30. The molecule has 0 aliphatic carbocycles. The van der Waals surface area contributed by atoms with Crippen molar-refractivity contribution in [2.75, 3.05) is 13.1 Å². The van der Waals surface area contributed by atoms with Gasteiger partial charge in [0.2, 0.25) is 0 Å². The molecule has 0 atom stereocenters. The van der Waals surface area contributed by atoms with Crippen molar-refractivity contribution in [3.8, 4) is 11.3 Å². The van der Waals surface area contributed by atoms with Crippen molar-refractivity contribution in [2.24, 2.45) is 0 Å². The van der Waals surface area contributed by atoms with Crippen molar-refractivity contribution in [2.45, 2.75) is 25.4 Å². The number of aromatic nitrogens is 3. The minimum atomic E-state index is -0.000238. The van der Waals surface area contributed by atoms with Gasteiger partial charge in [0.1, 0.15) is 0 Å². The first-order valence-electron chi connectivity index (χ1n) is 11.6. The predicted molar refractivity (Wildman–Crippen MR) is 133 cm³/mol. The molecule has 2 aromatic heterocycles. The minimum absolute atomic E-state index is 0.000238. The van der Waals surface area contributed by atoms with E-state index in [4.69, 9.17) is 4.98 Å². The molecule has 0 spiro atoms. The summed E-state index contributed by atoms with van der Waals surface area (Å²) in [6.45, 7) is 2.77. The lowest BCUT2D eigenvalue weighted by atomic mass is 10.0. The lowest BCUT2D eigenvalue weighted by molar-refractivity contribution is 0.180. The molecule has 1 aliphatic rings. The van der Waals surface area contributed by atoms with E-state index in [1.165, 1.54) is 10.9 Å². The third-order valence-corrected chi connectivity index (χ3v) is 6.79. The number of likely N-dealkylation sites (tertiary alicyclic amines) is 1. The Labute approximate surface area is 192 Å². The number of H-pyrrole nitrogens is 1. The second kappa shape index (κ2) is 8.34. The van der Waals surface area contributed by atoms with Gasteiger partial charge in [0.15, 0.2) is 0 Å². The number of fused-ring (bicyclic) bond motifs is 2. The van der Waals surface area contributed by atoms with Gasteiger partial charge in [0, 0.05) is 36.6 Å². The molecule has 5 aromatic rings. The van der Waals surface area contributed by atoms with E-state index >= 15 is 0 Å². The molecular formula is C28H26N4O. The highest BCUT2D eigenvalue weighted by atomic mass is 16.1. The van der Waals surface area contributed by atoms with Crippen LogP contribution in [-0.2, 0) is 6.54 Å². The molecule has 3 aromatic carbocycles. The van der Waals surface area contributed by atoms with Gasteiger partial charge in [0.05, 0.1) is 22.2 Å². The normalized spacial score (nSPS) is 15.4. The van der Waals surface area contributed by atoms with Crippen molar-refractivity contribution in [1.82, 2.24) is 19.4 Å². The van der Waals surface area contributed by atoms with E-state index < -0.39 is 0 Å². The van der Waals surface area contributed by atoms with Crippen LogP contribution in [0.4, 0.5) is 0 Å². The zero-order valence-electron chi connectivity index (χ0n) is 18.4. The van der Waals surface area contributed by atoms with Crippen LogP contribution in [0.5, 0.6) is 0 Å². The van der Waals surface area contributed by atoms with Crippen LogP contribution in [0.25, 0.3) is 33.2 Å². The van der Waals surface area contributed by atoms with E-state index in [0.717, 1.165) is 60.3 Å². The average molecular weight is 435 g/mol. The van der Waals surface area contributed by atoms with Gasteiger partial charge >= 0.3 is 5.69 Å². The summed E-state index contributed by atoms with van der Waals surface area (Å²) in [4.78, 5) is 23.2. The van der Waals surface area contributed by atoms with Gasteiger partial charge in [0.25, 0.3) is 0 Å². The fourth-order valence-corrected chi connectivity index (χ4v) is 5.14. The van der Waals surface area contributed by atoms with Crippen molar-refractivity contribution >= 4 is 21.9 Å². The van der Waals surface area contributed by atoms with E-state index in [1.807, 2.05) is 41.0 Å². The van der Waals surface area contributed by atoms with Gasteiger partial charge in [-0.25, -0.2) is 9.78 Å². The summed E-state index contributed by atoms with van der Waals surface area (Å²) in [5.41, 5.74) is 6.41. The molecule has 5 heteroatoms. The number of imidazole rings is 1. The van der Waals surface area contributed by atoms with Crippen LogP contribution in [0.15, 0.2) is 89.7 Å². The van der Waals surface area contributed by atoms with Crippen molar-refractivity contribution < 1.29 is 0 Å². The van der Waals surface area contributed by atoms with Crippen molar-refractivity contribution in [1.29, 1.82) is 0 Å². The molecule has 0 radical (unpaired) electrons. The monoisotopic (exact) mass is 434 g/mol. The highest BCUT2D eigenvalue weighted by molar-refractivity contribution is 5.83. The summed E-state index contributed by atoms with van der Waals surface area (Å²) >= 11 is 0. The number of piperidine rings is 1. The Hall–Kier alpha value is -3.70. The molecule has 164 valence electrons. The number of aromatic amines is 1. The average Bonchev–Trinajstić information content (AvgIpc) is 3.20. The van der Waals surface area contributed by atoms with Gasteiger partial charge in [-0.2, -0.15) is 0 Å². The fourth-order valence-electron chi connectivity index (χ4n) is 5.14. The molecule has 0 saturated carbocycles. The Morgan fingerprint density at radius 2 is 1.61 bits per heavy atom. The number of para-hydroxylation sites is 3. The molecule has 33 heavy (non-hydrogen) atoms. The second-order valence-corrected chi connectivity index (χ2v) is 8.88. The zero-order chi connectivity index (χ0) is 22.2. The smallest absolute Gasteiger partial charge is 0.306 e. The van der Waals surface area contributed by atoms with Crippen molar-refractivity contribution in [3.63, 3.8) is 0 Å². The van der Waals surface area contributed by atoms with Gasteiger partial charge in [-0.1, -0.05) is 60.7 Å². The molecular weight excluding hydrogens is 408 g/mol. The van der Waals surface area contributed by atoms with Crippen LogP contribution in [0.3, 0.4) is 0 Å². The summed E-state index contributed by atoms with van der Waals surface area (Å²) in [5.74, 6) is 0. The van der Waals surface area contributed by atoms with E-state index in [9.17, 15) is 4.79 Å². The first-order valence-corrected chi connectivity index (χ1v) is 11.6. The van der Waals surface area contributed by atoms with Gasteiger partial charge in [-0.15, -0.1) is 0 Å². The number of pyridine rings is 1. The standard InChI is InChI=1S/C28H26N4O/c33-28-30-25-12-6-7-13-26(25)32(28)23-14-16-31(17-15-23)19-22-18-21-10-4-5-11-24(21)29-27(22)20-8-2-1-3-9-20/h1-13,18,23H,14-17,19H2,(H,30,33). The summed E-state index contributed by atoms with van der Waals surface area (Å²) in [6, 6.07) is 29.3. The molecule has 0 unspecified atom stereocenters. The Balaban J connectivity index is 1.27. The van der Waals surface area contributed by atoms with Crippen LogP contribution in [0.1, 0.15) is 24.4 Å². The van der Waals surface area contributed by atoms with Crippen LogP contribution in [0, 0.1) is 0 Å². The van der Waals surface area contributed by atoms with Crippen LogP contribution in [-0.4, -0.2) is 32.5 Å². The Bertz CT molecular complexity index is 1480. The van der Waals surface area contributed by atoms with E-state index in [2.05, 4.69) is 58.4 Å². The van der Waals surface area contributed by atoms with E-state index in [0.29, 0.717) is 0 Å². The molecule has 1 fully saturated rings. The number of nitrogens with one attached hydrogen (secondary N) is 1. The molecule has 5 nitrogen and oxygen atoms in total. The Morgan fingerprint density at radius 3 is 2.45 bits per heavy atom. The third-order valence-electron chi connectivity index (χ3n) is 6.79. The zero-order valence-corrected chi connectivity index (χ0v) is 18.4. The number of nitrogens with zero attached hydrogens (tertiary/aromatic N) is 3. The van der Waals surface area contributed by atoms with Gasteiger partial charge in [-0.3, -0.25) is 9.47 Å². The summed E-state index contributed by atoms with van der Waals surface area (Å²) in [7, 11) is 0. The first-order chi connectivity index (χ1) is 16.3. The lowest BCUT2D eigenvalue weighted by Gasteiger charge is -2.33. The molecule has 1 N–H and O–H groups in total. The molecule has 0 amide bonds.